The maximum atomic E-state index is 13.1. The van der Waals surface area contributed by atoms with Crippen molar-refractivity contribution in [1.29, 1.82) is 0 Å². The summed E-state index contributed by atoms with van der Waals surface area (Å²) in [7, 11) is 0. The SMILES string of the molecule is C=C(/C=C(\C=C(/C)c1ncn(/C=C\C(=O)N2CC(F)(F)C2)n1)C(F)(F)F)C(F)(F)F. The molecule has 1 aromatic rings. The summed E-state index contributed by atoms with van der Waals surface area (Å²) in [5.74, 6) is -3.92. The number of halogens is 8. The van der Waals surface area contributed by atoms with Crippen molar-refractivity contribution < 1.29 is 39.9 Å². The molecule has 0 atom stereocenters. The molecule has 5 nitrogen and oxygen atoms in total. The van der Waals surface area contributed by atoms with Crippen LogP contribution in [0.15, 0.2) is 42.3 Å². The van der Waals surface area contributed by atoms with Crippen LogP contribution in [0.2, 0.25) is 0 Å². The summed E-state index contributed by atoms with van der Waals surface area (Å²) in [4.78, 5) is 16.2. The highest BCUT2D eigenvalue weighted by atomic mass is 19.4. The van der Waals surface area contributed by atoms with Crippen LogP contribution in [0.1, 0.15) is 12.7 Å². The smallest absolute Gasteiger partial charge is 0.327 e. The quantitative estimate of drug-likeness (QED) is 0.390. The molecular weight excluding hydrogens is 428 g/mol. The van der Waals surface area contributed by atoms with Crippen molar-refractivity contribution in [2.24, 2.45) is 0 Å². The summed E-state index contributed by atoms with van der Waals surface area (Å²) in [6.07, 6.45) is -6.85. The van der Waals surface area contributed by atoms with E-state index in [1.807, 2.05) is 0 Å². The molecule has 0 saturated carbocycles. The third-order valence-corrected chi connectivity index (χ3v) is 3.78. The van der Waals surface area contributed by atoms with Crippen molar-refractivity contribution >= 4 is 17.7 Å². The lowest BCUT2D eigenvalue weighted by atomic mass is 10.1. The number of allylic oxidation sites excluding steroid dienone is 5. The second-order valence-electron chi connectivity index (χ2n) is 6.36. The second-order valence-corrected chi connectivity index (χ2v) is 6.36. The molecule has 0 bridgehead atoms. The van der Waals surface area contributed by atoms with Crippen LogP contribution in [-0.2, 0) is 4.79 Å². The summed E-state index contributed by atoms with van der Waals surface area (Å²) < 4.78 is 103. The van der Waals surface area contributed by atoms with Gasteiger partial charge in [-0.2, -0.15) is 26.3 Å². The number of likely N-dealkylation sites (tertiary alicyclic amines) is 1. The molecule has 0 aliphatic carbocycles. The van der Waals surface area contributed by atoms with Crippen LogP contribution in [0.4, 0.5) is 35.1 Å². The van der Waals surface area contributed by atoms with E-state index in [2.05, 4.69) is 16.7 Å². The van der Waals surface area contributed by atoms with Gasteiger partial charge in [-0.05, 0) is 24.6 Å². The number of aromatic nitrogens is 3. The van der Waals surface area contributed by atoms with Gasteiger partial charge in [-0.25, -0.2) is 18.4 Å². The van der Waals surface area contributed by atoms with Crippen LogP contribution in [0, 0.1) is 0 Å². The Kier molecular flexibility index (Phi) is 6.23. The van der Waals surface area contributed by atoms with Crippen LogP contribution in [0.5, 0.6) is 0 Å². The molecule has 1 aliphatic heterocycles. The molecule has 1 amide bonds. The molecule has 1 saturated heterocycles. The Morgan fingerprint density at radius 2 is 1.73 bits per heavy atom. The number of carbonyl (C=O) groups excluding carboxylic acids is 1. The highest BCUT2D eigenvalue weighted by Gasteiger charge is 2.45. The zero-order chi connectivity index (χ0) is 22.9. The summed E-state index contributed by atoms with van der Waals surface area (Å²) in [5, 5.41) is 3.77. The van der Waals surface area contributed by atoms with E-state index in [0.29, 0.717) is 6.08 Å². The Labute approximate surface area is 164 Å². The minimum Gasteiger partial charge on any atom is -0.327 e. The Bertz CT molecular complexity index is 913. The van der Waals surface area contributed by atoms with Crippen molar-refractivity contribution in [3.63, 3.8) is 0 Å². The van der Waals surface area contributed by atoms with Crippen molar-refractivity contribution in [3.05, 3.63) is 48.1 Å². The molecule has 0 unspecified atom stereocenters. The zero-order valence-electron chi connectivity index (χ0n) is 15.2. The van der Waals surface area contributed by atoms with E-state index in [0.717, 1.165) is 35.1 Å². The van der Waals surface area contributed by atoms with Gasteiger partial charge in [0.25, 0.3) is 5.92 Å². The number of hydrogen-bond donors (Lipinski definition) is 0. The molecule has 0 radical (unpaired) electrons. The second kappa shape index (κ2) is 8.03. The van der Waals surface area contributed by atoms with Crippen LogP contribution >= 0.6 is 0 Å². The zero-order valence-corrected chi connectivity index (χ0v) is 15.2. The lowest BCUT2D eigenvalue weighted by Gasteiger charge is -2.37. The van der Waals surface area contributed by atoms with Crippen LogP contribution in [-0.4, -0.2) is 56.9 Å². The summed E-state index contributed by atoms with van der Waals surface area (Å²) in [5.41, 5.74) is -3.51. The van der Waals surface area contributed by atoms with Crippen molar-refractivity contribution in [1.82, 2.24) is 19.7 Å². The van der Waals surface area contributed by atoms with Crippen molar-refractivity contribution in [2.45, 2.75) is 25.2 Å². The van der Waals surface area contributed by atoms with E-state index in [4.69, 9.17) is 0 Å². The van der Waals surface area contributed by atoms with E-state index in [9.17, 15) is 39.9 Å². The van der Waals surface area contributed by atoms with E-state index in [-0.39, 0.29) is 17.5 Å². The molecule has 164 valence electrons. The molecular formula is C17H14F8N4O. The standard InChI is InChI=1S/C17H14F8N4O/c1-10(5-12(17(23,24)25)6-11(2)16(20,21)22)14-26-9-29(27-14)4-3-13(30)28-7-15(18,19)8-28/h3-6,9H,2,7-8H2,1H3/b4-3-,10-5+,12-6+. The molecule has 1 fully saturated rings. The number of amides is 1. The Hall–Kier alpha value is -2.99. The van der Waals surface area contributed by atoms with Gasteiger partial charge in [-0.15, -0.1) is 5.10 Å². The lowest BCUT2D eigenvalue weighted by molar-refractivity contribution is -0.160. The highest BCUT2D eigenvalue weighted by molar-refractivity contribution is 5.90. The van der Waals surface area contributed by atoms with Gasteiger partial charge in [0.05, 0.1) is 18.7 Å². The van der Waals surface area contributed by atoms with Gasteiger partial charge in [0.2, 0.25) is 5.91 Å². The van der Waals surface area contributed by atoms with E-state index < -0.39 is 48.4 Å². The topological polar surface area (TPSA) is 51.0 Å². The first-order valence-electron chi connectivity index (χ1n) is 8.08. The van der Waals surface area contributed by atoms with Gasteiger partial charge in [0, 0.05) is 17.8 Å². The predicted octanol–water partition coefficient (Wildman–Crippen LogP) is 4.24. The Morgan fingerprint density at radius 3 is 2.23 bits per heavy atom. The first kappa shape index (κ1) is 23.3. The van der Waals surface area contributed by atoms with Crippen LogP contribution in [0.25, 0.3) is 11.8 Å². The van der Waals surface area contributed by atoms with Gasteiger partial charge >= 0.3 is 12.4 Å². The number of alkyl halides is 8. The van der Waals surface area contributed by atoms with Gasteiger partial charge in [0.15, 0.2) is 5.82 Å². The van der Waals surface area contributed by atoms with Gasteiger partial charge < -0.3 is 4.90 Å². The molecule has 0 N–H and O–H groups in total. The third-order valence-electron chi connectivity index (χ3n) is 3.78. The predicted molar refractivity (Wildman–Crippen MR) is 89.9 cm³/mol. The van der Waals surface area contributed by atoms with Gasteiger partial charge in [0.1, 0.15) is 6.33 Å². The maximum absolute atomic E-state index is 13.1. The molecule has 2 heterocycles. The summed E-state index contributed by atoms with van der Waals surface area (Å²) >= 11 is 0. The van der Waals surface area contributed by atoms with Gasteiger partial charge in [-0.3, -0.25) is 4.79 Å². The fourth-order valence-electron chi connectivity index (χ4n) is 2.21. The monoisotopic (exact) mass is 442 g/mol. The average molecular weight is 442 g/mol. The van der Waals surface area contributed by atoms with Crippen LogP contribution < -0.4 is 0 Å². The van der Waals surface area contributed by atoms with Gasteiger partial charge in [-0.1, -0.05) is 6.58 Å². The van der Waals surface area contributed by atoms with Crippen molar-refractivity contribution in [2.75, 3.05) is 13.1 Å². The normalized spacial score (nSPS) is 18.0. The highest BCUT2D eigenvalue weighted by Crippen LogP contribution is 2.33. The minimum atomic E-state index is -5.09. The Balaban J connectivity index is 2.17. The van der Waals surface area contributed by atoms with Crippen molar-refractivity contribution in [3.8, 4) is 0 Å². The molecule has 13 heteroatoms. The molecule has 1 aliphatic rings. The van der Waals surface area contributed by atoms with E-state index in [1.54, 1.807) is 0 Å². The average Bonchev–Trinajstić information content (AvgIpc) is 3.04. The minimum absolute atomic E-state index is 0.137. The Morgan fingerprint density at radius 1 is 1.13 bits per heavy atom. The molecule has 0 spiro atoms. The number of rotatable bonds is 5. The number of hydrogen-bond acceptors (Lipinski definition) is 3. The van der Waals surface area contributed by atoms with E-state index >= 15 is 0 Å². The first-order valence-corrected chi connectivity index (χ1v) is 8.08. The first-order chi connectivity index (χ1) is 13.6. The largest absolute Gasteiger partial charge is 0.416 e. The summed E-state index contributed by atoms with van der Waals surface area (Å²) in [6, 6.07) is 0. The fraction of sp³-hybridized carbons (Fsp3) is 0.353. The molecule has 30 heavy (non-hydrogen) atoms. The maximum Gasteiger partial charge on any atom is 0.416 e. The fourth-order valence-corrected chi connectivity index (χ4v) is 2.21. The number of nitrogens with zero attached hydrogens (tertiary/aromatic N) is 4. The molecule has 1 aromatic heterocycles. The lowest BCUT2D eigenvalue weighted by Crippen LogP contribution is -2.58. The number of carbonyl (C=O) groups is 1. The molecule has 0 aromatic carbocycles. The molecule has 2 rings (SSSR count). The van der Waals surface area contributed by atoms with Crippen LogP contribution in [0.3, 0.4) is 0 Å². The summed E-state index contributed by atoms with van der Waals surface area (Å²) in [6.45, 7) is 2.28. The van der Waals surface area contributed by atoms with E-state index in [1.165, 1.54) is 0 Å². The third kappa shape index (κ3) is 6.00.